The van der Waals surface area contributed by atoms with E-state index in [1.54, 1.807) is 6.26 Å². The van der Waals surface area contributed by atoms with Gasteiger partial charge in [-0.05, 0) is 92.6 Å². The first-order valence-corrected chi connectivity index (χ1v) is 12.9. The van der Waals surface area contributed by atoms with E-state index >= 15 is 0 Å². The fraction of sp³-hybridized carbons (Fsp3) is 0.276. The van der Waals surface area contributed by atoms with E-state index in [0.717, 1.165) is 39.8 Å². The zero-order valence-corrected chi connectivity index (χ0v) is 22.3. The molecular formula is C29H31N5O2S. The molecule has 4 heterocycles. The molecule has 7 nitrogen and oxygen atoms in total. The fourth-order valence-corrected chi connectivity index (χ4v) is 5.40. The second-order valence-corrected chi connectivity index (χ2v) is 9.78. The number of amides is 1. The summed E-state index contributed by atoms with van der Waals surface area (Å²) in [6.45, 7) is 8.78. The molecule has 2 N–H and O–H groups in total. The molecule has 0 unspecified atom stereocenters. The maximum absolute atomic E-state index is 12.0. The van der Waals surface area contributed by atoms with Crippen molar-refractivity contribution in [2.24, 2.45) is 0 Å². The van der Waals surface area contributed by atoms with Crippen LogP contribution in [0, 0.1) is 20.8 Å². The van der Waals surface area contributed by atoms with Gasteiger partial charge < -0.3 is 24.5 Å². The second-order valence-electron chi connectivity index (χ2n) is 9.39. The number of furan rings is 1. The van der Waals surface area contributed by atoms with Gasteiger partial charge in [-0.2, -0.15) is 0 Å². The van der Waals surface area contributed by atoms with Gasteiger partial charge in [0.2, 0.25) is 5.91 Å². The first-order chi connectivity index (χ1) is 17.9. The topological polar surface area (TPSA) is 75.3 Å². The Labute approximate surface area is 222 Å². The highest BCUT2D eigenvalue weighted by Gasteiger charge is 2.42. The molecule has 0 saturated carbocycles. The summed E-state index contributed by atoms with van der Waals surface area (Å²) in [5.74, 6) is 0.901. The maximum Gasteiger partial charge on any atom is 0.224 e. The van der Waals surface area contributed by atoms with Crippen molar-refractivity contribution in [3.8, 4) is 0 Å². The molecule has 0 bridgehead atoms. The lowest BCUT2D eigenvalue weighted by Gasteiger charge is -2.29. The molecule has 0 spiro atoms. The van der Waals surface area contributed by atoms with E-state index in [9.17, 15) is 4.79 Å². The molecule has 1 aliphatic heterocycles. The van der Waals surface area contributed by atoms with E-state index in [1.165, 1.54) is 5.56 Å². The molecule has 2 atom stereocenters. The minimum absolute atomic E-state index is 0.00806. The predicted octanol–water partition coefficient (Wildman–Crippen LogP) is 5.98. The number of carbonyl (C=O) groups excluding carboxylic acids is 1. The fourth-order valence-electron chi connectivity index (χ4n) is 5.05. The number of carbonyl (C=O) groups is 1. The predicted molar refractivity (Wildman–Crippen MR) is 150 cm³/mol. The van der Waals surface area contributed by atoms with Gasteiger partial charge in [0, 0.05) is 35.4 Å². The Bertz CT molecular complexity index is 1430. The molecule has 1 amide bonds. The lowest BCUT2D eigenvalue weighted by molar-refractivity contribution is -0.115. The number of thiocarbonyl (C=S) groups is 1. The van der Waals surface area contributed by atoms with Crippen LogP contribution in [-0.2, 0) is 11.3 Å². The van der Waals surface area contributed by atoms with E-state index in [4.69, 9.17) is 16.6 Å². The Kier molecular flexibility index (Phi) is 6.84. The SMILES string of the molecule is CCC(=O)Nc1ccc(N2C(=S)N[C@H](c3ccccn3)[C@H]2c2cc(C)n(Cc3ccco3)c2C)cc1C. The van der Waals surface area contributed by atoms with Crippen LogP contribution in [0.2, 0.25) is 0 Å². The lowest BCUT2D eigenvalue weighted by atomic mass is 9.96. The Morgan fingerprint density at radius 2 is 1.97 bits per heavy atom. The molecule has 5 rings (SSSR count). The number of pyridine rings is 1. The van der Waals surface area contributed by atoms with Crippen LogP contribution < -0.4 is 15.5 Å². The number of anilines is 2. The first kappa shape index (κ1) is 24.8. The van der Waals surface area contributed by atoms with Gasteiger partial charge in [-0.3, -0.25) is 9.78 Å². The number of hydrogen-bond donors (Lipinski definition) is 2. The highest BCUT2D eigenvalue weighted by molar-refractivity contribution is 7.80. The van der Waals surface area contributed by atoms with Crippen LogP contribution in [0.25, 0.3) is 0 Å². The smallest absolute Gasteiger partial charge is 0.224 e. The van der Waals surface area contributed by atoms with Crippen LogP contribution in [-0.4, -0.2) is 20.6 Å². The molecule has 1 aromatic carbocycles. The summed E-state index contributed by atoms with van der Waals surface area (Å²) < 4.78 is 7.91. The number of aromatic nitrogens is 2. The van der Waals surface area contributed by atoms with Gasteiger partial charge in [0.25, 0.3) is 0 Å². The van der Waals surface area contributed by atoms with E-state index < -0.39 is 0 Å². The van der Waals surface area contributed by atoms with Crippen molar-refractivity contribution >= 4 is 34.6 Å². The Hall–Kier alpha value is -3.91. The van der Waals surface area contributed by atoms with Crippen LogP contribution in [0.3, 0.4) is 0 Å². The minimum Gasteiger partial charge on any atom is -0.467 e. The molecule has 37 heavy (non-hydrogen) atoms. The van der Waals surface area contributed by atoms with Gasteiger partial charge in [0.15, 0.2) is 5.11 Å². The average Bonchev–Trinajstić information content (AvgIpc) is 3.60. The largest absolute Gasteiger partial charge is 0.467 e. The number of nitrogens with one attached hydrogen (secondary N) is 2. The van der Waals surface area contributed by atoms with Crippen molar-refractivity contribution in [1.82, 2.24) is 14.9 Å². The third-order valence-corrected chi connectivity index (χ3v) is 7.32. The van der Waals surface area contributed by atoms with Crippen molar-refractivity contribution in [1.29, 1.82) is 0 Å². The summed E-state index contributed by atoms with van der Waals surface area (Å²) in [5.41, 5.74) is 7.15. The maximum atomic E-state index is 12.0. The van der Waals surface area contributed by atoms with Gasteiger partial charge in [-0.25, -0.2) is 0 Å². The minimum atomic E-state index is -0.133. The molecule has 3 aromatic heterocycles. The third-order valence-electron chi connectivity index (χ3n) is 7.01. The summed E-state index contributed by atoms with van der Waals surface area (Å²) in [6.07, 6.45) is 3.95. The summed E-state index contributed by atoms with van der Waals surface area (Å²) >= 11 is 5.91. The highest BCUT2D eigenvalue weighted by Crippen LogP contribution is 2.44. The van der Waals surface area contributed by atoms with E-state index in [1.807, 2.05) is 62.5 Å². The van der Waals surface area contributed by atoms with Crippen molar-refractivity contribution < 1.29 is 9.21 Å². The van der Waals surface area contributed by atoms with E-state index in [0.29, 0.717) is 18.1 Å². The highest BCUT2D eigenvalue weighted by atomic mass is 32.1. The van der Waals surface area contributed by atoms with Gasteiger partial charge in [-0.15, -0.1) is 0 Å². The van der Waals surface area contributed by atoms with Crippen molar-refractivity contribution in [3.05, 3.63) is 101 Å². The number of rotatable bonds is 7. The zero-order chi connectivity index (χ0) is 26.1. The molecule has 1 fully saturated rings. The number of hydrogen-bond acceptors (Lipinski definition) is 4. The normalized spacial score (nSPS) is 17.2. The summed E-state index contributed by atoms with van der Waals surface area (Å²) in [5, 5.41) is 7.16. The van der Waals surface area contributed by atoms with Crippen LogP contribution in [0.1, 0.15) is 59.4 Å². The van der Waals surface area contributed by atoms with Gasteiger partial charge >= 0.3 is 0 Å². The molecule has 1 saturated heterocycles. The molecule has 190 valence electrons. The quantitative estimate of drug-likeness (QED) is 0.296. The standard InChI is InChI=1S/C29H31N5O2S/c1-5-26(35)31-24-12-11-21(15-18(24)2)34-28(27(32-29(34)37)25-10-6-7-13-30-25)23-16-19(3)33(20(23)4)17-22-9-8-14-36-22/h6-16,27-28H,5,17H2,1-4H3,(H,31,35)(H,32,37)/t27-,28-/m1/s1. The number of nitrogens with zero attached hydrogens (tertiary/aromatic N) is 3. The Morgan fingerprint density at radius 1 is 1.14 bits per heavy atom. The molecule has 8 heteroatoms. The van der Waals surface area contributed by atoms with Crippen molar-refractivity contribution in [2.75, 3.05) is 10.2 Å². The zero-order valence-electron chi connectivity index (χ0n) is 21.5. The number of benzene rings is 1. The van der Waals surface area contributed by atoms with Crippen LogP contribution >= 0.6 is 12.2 Å². The van der Waals surface area contributed by atoms with Gasteiger partial charge in [-0.1, -0.05) is 13.0 Å². The van der Waals surface area contributed by atoms with Crippen LogP contribution in [0.15, 0.2) is 71.5 Å². The van der Waals surface area contributed by atoms with Crippen molar-refractivity contribution in [3.63, 3.8) is 0 Å². The molecule has 0 radical (unpaired) electrons. The van der Waals surface area contributed by atoms with Crippen molar-refractivity contribution in [2.45, 2.75) is 52.7 Å². The number of aryl methyl sites for hydroxylation is 2. The summed E-state index contributed by atoms with van der Waals surface area (Å²) in [6, 6.07) is 17.9. The summed E-state index contributed by atoms with van der Waals surface area (Å²) in [7, 11) is 0. The summed E-state index contributed by atoms with van der Waals surface area (Å²) in [4.78, 5) is 18.8. The second kappa shape index (κ2) is 10.2. The van der Waals surface area contributed by atoms with Gasteiger partial charge in [0.1, 0.15) is 5.76 Å². The Morgan fingerprint density at radius 3 is 2.65 bits per heavy atom. The van der Waals surface area contributed by atoms with Crippen LogP contribution in [0.4, 0.5) is 11.4 Å². The van der Waals surface area contributed by atoms with Crippen LogP contribution in [0.5, 0.6) is 0 Å². The third kappa shape index (κ3) is 4.76. The molecule has 0 aliphatic carbocycles. The van der Waals surface area contributed by atoms with E-state index in [2.05, 4.69) is 51.1 Å². The van der Waals surface area contributed by atoms with E-state index in [-0.39, 0.29) is 18.0 Å². The lowest BCUT2D eigenvalue weighted by Crippen LogP contribution is -2.29. The Balaban J connectivity index is 1.59. The monoisotopic (exact) mass is 513 g/mol. The molecular weight excluding hydrogens is 482 g/mol. The average molecular weight is 514 g/mol. The molecule has 1 aliphatic rings. The van der Waals surface area contributed by atoms with Gasteiger partial charge in [0.05, 0.1) is 30.6 Å². The molecule has 4 aromatic rings. The first-order valence-electron chi connectivity index (χ1n) is 12.5.